The molecular weight excluding hydrogens is 788 g/mol. The summed E-state index contributed by atoms with van der Waals surface area (Å²) >= 11 is 0. The van der Waals surface area contributed by atoms with Crippen molar-refractivity contribution >= 4 is 16.9 Å². The number of rotatable bonds is 34. The number of aliphatic hydroxyl groups is 2. The third-order valence-corrected chi connectivity index (χ3v) is 9.56. The maximum absolute atomic E-state index is 13.4. The van der Waals surface area contributed by atoms with Gasteiger partial charge in [-0.15, -0.1) is 0 Å². The molecule has 0 bridgehead atoms. The number of aromatic nitrogens is 2. The Kier molecular flexibility index (Phi) is 21.1. The van der Waals surface area contributed by atoms with Gasteiger partial charge < -0.3 is 71.6 Å². The highest BCUT2D eigenvalue weighted by Gasteiger charge is 2.45. The van der Waals surface area contributed by atoms with Crippen molar-refractivity contribution in [3.8, 4) is 17.1 Å². The monoisotopic (exact) mass is 848 g/mol. The standard InChI is InChI=1S/C42H60N2O16/c1-2-42(48)36-29-38-39-33(30-44(38)40(46)35(36)31-60-41(42)47)27-32-28-34(3-4-37(32)43-39)59-26-25-58-24-23-57-22-21-56-20-19-55-18-17-54-16-15-53-14-13-52-12-11-51-10-9-50-8-7-49-6-5-45/h3-4,27-29,45,48H,2,5-26,30-31H2,1H3/t42-/m0/s1. The fourth-order valence-corrected chi connectivity index (χ4v) is 6.42. The maximum atomic E-state index is 13.4. The quantitative estimate of drug-likeness (QED) is 0.0507. The number of hydrogen-bond acceptors (Lipinski definition) is 17. The number of aliphatic hydroxyl groups excluding tert-OH is 1. The van der Waals surface area contributed by atoms with Crippen LogP contribution in [0.1, 0.15) is 30.0 Å². The van der Waals surface area contributed by atoms with E-state index >= 15 is 0 Å². The number of benzene rings is 1. The van der Waals surface area contributed by atoms with E-state index in [0.717, 1.165) is 16.5 Å². The first kappa shape index (κ1) is 47.4. The molecule has 2 aliphatic heterocycles. The van der Waals surface area contributed by atoms with Crippen molar-refractivity contribution < 1.29 is 71.8 Å². The average Bonchev–Trinajstić information content (AvgIpc) is 3.62. The molecule has 0 unspecified atom stereocenters. The van der Waals surface area contributed by atoms with Crippen molar-refractivity contribution in [2.45, 2.75) is 32.1 Å². The molecule has 60 heavy (non-hydrogen) atoms. The van der Waals surface area contributed by atoms with E-state index in [4.69, 9.17) is 66.9 Å². The van der Waals surface area contributed by atoms with Crippen molar-refractivity contribution in [3.05, 3.63) is 57.4 Å². The second kappa shape index (κ2) is 26.6. The van der Waals surface area contributed by atoms with Crippen molar-refractivity contribution in [3.63, 3.8) is 0 Å². The highest BCUT2D eigenvalue weighted by atomic mass is 16.6. The van der Waals surface area contributed by atoms with Crippen LogP contribution in [0.15, 0.2) is 35.1 Å². The van der Waals surface area contributed by atoms with Crippen LogP contribution in [0.2, 0.25) is 0 Å². The molecule has 5 rings (SSSR count). The number of hydrogen-bond donors (Lipinski definition) is 2. The zero-order chi connectivity index (χ0) is 42.3. The lowest BCUT2D eigenvalue weighted by molar-refractivity contribution is -0.172. The van der Waals surface area contributed by atoms with Gasteiger partial charge in [0.1, 0.15) is 19.0 Å². The normalized spacial score (nSPS) is 15.6. The van der Waals surface area contributed by atoms with E-state index in [9.17, 15) is 14.7 Å². The van der Waals surface area contributed by atoms with Gasteiger partial charge in [-0.05, 0) is 36.8 Å². The van der Waals surface area contributed by atoms with E-state index in [-0.39, 0.29) is 25.2 Å². The molecule has 334 valence electrons. The van der Waals surface area contributed by atoms with Gasteiger partial charge in [0.25, 0.3) is 5.56 Å². The van der Waals surface area contributed by atoms with Gasteiger partial charge in [-0.2, -0.15) is 0 Å². The highest BCUT2D eigenvalue weighted by Crippen LogP contribution is 2.38. The Morgan fingerprint density at radius 3 is 1.58 bits per heavy atom. The van der Waals surface area contributed by atoms with Crippen LogP contribution >= 0.6 is 0 Å². The fourth-order valence-electron chi connectivity index (χ4n) is 6.42. The summed E-state index contributed by atoms with van der Waals surface area (Å²) in [4.78, 5) is 30.7. The first-order valence-corrected chi connectivity index (χ1v) is 20.6. The number of carbonyl (C=O) groups is 1. The van der Waals surface area contributed by atoms with Crippen LogP contribution in [0.5, 0.6) is 5.75 Å². The van der Waals surface area contributed by atoms with E-state index in [1.807, 2.05) is 24.3 Å². The molecule has 0 aliphatic carbocycles. The highest BCUT2D eigenvalue weighted by molar-refractivity contribution is 5.87. The van der Waals surface area contributed by atoms with Crippen LogP contribution < -0.4 is 10.3 Å². The van der Waals surface area contributed by atoms with E-state index in [0.29, 0.717) is 174 Å². The molecule has 0 saturated carbocycles. The van der Waals surface area contributed by atoms with Gasteiger partial charge in [-0.1, -0.05) is 6.92 Å². The zero-order valence-electron chi connectivity index (χ0n) is 34.6. The molecule has 4 heterocycles. The third-order valence-electron chi connectivity index (χ3n) is 9.56. The average molecular weight is 849 g/mol. The molecule has 0 fully saturated rings. The second-order valence-corrected chi connectivity index (χ2v) is 13.6. The summed E-state index contributed by atoms with van der Waals surface area (Å²) in [5.74, 6) is -0.0727. The van der Waals surface area contributed by atoms with Gasteiger partial charge in [0.05, 0.1) is 168 Å². The lowest BCUT2D eigenvalue weighted by atomic mass is 9.86. The molecule has 0 spiro atoms. The lowest BCUT2D eigenvalue weighted by Gasteiger charge is -2.31. The van der Waals surface area contributed by atoms with Gasteiger partial charge in [0, 0.05) is 16.5 Å². The molecule has 18 nitrogen and oxygen atoms in total. The van der Waals surface area contributed by atoms with Crippen molar-refractivity contribution in [1.29, 1.82) is 0 Å². The summed E-state index contributed by atoms with van der Waals surface area (Å²) < 4.78 is 67.2. The predicted octanol–water partition coefficient (Wildman–Crippen LogP) is 1.62. The minimum Gasteiger partial charge on any atom is -0.491 e. The molecular formula is C42H60N2O16. The predicted molar refractivity (Wildman–Crippen MR) is 215 cm³/mol. The minimum absolute atomic E-state index is 0.0152. The van der Waals surface area contributed by atoms with E-state index < -0.39 is 11.6 Å². The maximum Gasteiger partial charge on any atom is 0.343 e. The topological polar surface area (TPSA) is 203 Å². The molecule has 0 saturated heterocycles. The van der Waals surface area contributed by atoms with Crippen LogP contribution in [0.25, 0.3) is 22.3 Å². The molecule has 2 aromatic heterocycles. The smallest absolute Gasteiger partial charge is 0.343 e. The summed E-state index contributed by atoms with van der Waals surface area (Å²) in [5, 5.41) is 20.5. The van der Waals surface area contributed by atoms with Gasteiger partial charge in [0.15, 0.2) is 5.60 Å². The van der Waals surface area contributed by atoms with Gasteiger partial charge in [0.2, 0.25) is 0 Å². The summed E-state index contributed by atoms with van der Waals surface area (Å²) in [6.45, 7) is 11.4. The molecule has 2 aliphatic rings. The Morgan fingerprint density at radius 1 is 0.650 bits per heavy atom. The zero-order valence-corrected chi connectivity index (χ0v) is 34.6. The van der Waals surface area contributed by atoms with Crippen LogP contribution in [-0.2, 0) is 75.7 Å². The van der Waals surface area contributed by atoms with Crippen LogP contribution in [0.4, 0.5) is 0 Å². The number of ether oxygens (including phenoxy) is 12. The number of nitrogens with zero attached hydrogens (tertiary/aromatic N) is 2. The summed E-state index contributed by atoms with van der Waals surface area (Å²) in [5.41, 5.74) is 1.26. The van der Waals surface area contributed by atoms with Crippen LogP contribution in [-0.4, -0.2) is 171 Å². The molecule has 1 aromatic carbocycles. The summed E-state index contributed by atoms with van der Waals surface area (Å²) in [6.07, 6.45) is 0.0914. The van der Waals surface area contributed by atoms with Gasteiger partial charge in [-0.25, -0.2) is 9.78 Å². The van der Waals surface area contributed by atoms with Crippen LogP contribution in [0.3, 0.4) is 0 Å². The fraction of sp³-hybridized carbons (Fsp3) is 0.643. The molecule has 0 radical (unpaired) electrons. The Labute approximate surface area is 349 Å². The van der Waals surface area contributed by atoms with Crippen molar-refractivity contribution in [2.24, 2.45) is 0 Å². The number of carbonyl (C=O) groups excluding carboxylic acids is 1. The van der Waals surface area contributed by atoms with Crippen molar-refractivity contribution in [1.82, 2.24) is 9.55 Å². The van der Waals surface area contributed by atoms with Crippen LogP contribution in [0, 0.1) is 0 Å². The lowest BCUT2D eigenvalue weighted by Crippen LogP contribution is -2.44. The number of esters is 1. The number of fused-ring (bicyclic) bond motifs is 5. The summed E-state index contributed by atoms with van der Waals surface area (Å²) in [6, 6.07) is 9.30. The molecule has 3 aromatic rings. The molecule has 2 N–H and O–H groups in total. The Balaban J connectivity index is 0.799. The number of pyridine rings is 2. The molecule has 18 heteroatoms. The first-order valence-electron chi connectivity index (χ1n) is 20.6. The van der Waals surface area contributed by atoms with Crippen molar-refractivity contribution in [2.75, 3.05) is 145 Å². The van der Waals surface area contributed by atoms with Gasteiger partial charge >= 0.3 is 5.97 Å². The summed E-state index contributed by atoms with van der Waals surface area (Å²) in [7, 11) is 0. The third kappa shape index (κ3) is 14.5. The van der Waals surface area contributed by atoms with Gasteiger partial charge in [-0.3, -0.25) is 4.79 Å². The molecule has 1 atom stereocenters. The molecule has 0 amide bonds. The Hall–Kier alpha value is -3.63. The van der Waals surface area contributed by atoms with E-state index in [1.54, 1.807) is 17.6 Å². The minimum atomic E-state index is -1.86. The number of cyclic esters (lactones) is 1. The first-order chi connectivity index (χ1) is 29.5. The Bertz CT molecular complexity index is 1790. The largest absolute Gasteiger partial charge is 0.491 e. The SMILES string of the molecule is CC[C@@]1(O)C(=O)OCc2c1cc1n(c2=O)Cc2cc3cc(OCCOCCOCCOCCOCCOCCOCCOCCOCCOCCOCCO)ccc3nc2-1. The Morgan fingerprint density at radius 2 is 1.12 bits per heavy atom. The second-order valence-electron chi connectivity index (χ2n) is 13.6. The van der Waals surface area contributed by atoms with E-state index in [2.05, 4.69) is 0 Å². The van der Waals surface area contributed by atoms with E-state index in [1.165, 1.54) is 0 Å².